The van der Waals surface area contributed by atoms with E-state index in [9.17, 15) is 4.79 Å². The first-order valence-corrected chi connectivity index (χ1v) is 3.64. The number of hydrogen-bond acceptors (Lipinski definition) is 3. The van der Waals surface area contributed by atoms with Crippen molar-refractivity contribution in [3.63, 3.8) is 0 Å². The third-order valence-electron chi connectivity index (χ3n) is 1.40. The maximum Gasteiger partial charge on any atom is 0.160 e. The zero-order chi connectivity index (χ0) is 8.85. The topological polar surface area (TPSA) is 63.3 Å². The maximum atomic E-state index is 10.9. The van der Waals surface area contributed by atoms with Gasteiger partial charge in [-0.05, 0) is 25.5 Å². The van der Waals surface area contributed by atoms with Crippen molar-refractivity contribution >= 4 is 5.78 Å². The minimum atomic E-state index is -0.607. The molecular formula is C8H15NO2. The summed E-state index contributed by atoms with van der Waals surface area (Å²) < 4.78 is 0. The second-order valence-corrected chi connectivity index (χ2v) is 2.64. The van der Waals surface area contributed by atoms with Crippen LogP contribution in [-0.4, -0.2) is 23.5 Å². The first-order valence-electron chi connectivity index (χ1n) is 3.64. The van der Waals surface area contributed by atoms with E-state index in [-0.39, 0.29) is 12.2 Å². The molecule has 0 spiro atoms. The lowest BCUT2D eigenvalue weighted by Crippen LogP contribution is -2.17. The number of carbonyl (C=O) groups is 1. The fraction of sp³-hybridized carbons (Fsp3) is 0.625. The monoisotopic (exact) mass is 157 g/mol. The highest BCUT2D eigenvalue weighted by atomic mass is 16.3. The summed E-state index contributed by atoms with van der Waals surface area (Å²) >= 11 is 0. The Kier molecular flexibility index (Phi) is 4.74. The van der Waals surface area contributed by atoms with E-state index in [2.05, 4.69) is 6.58 Å². The maximum absolute atomic E-state index is 10.9. The smallest absolute Gasteiger partial charge is 0.160 e. The van der Waals surface area contributed by atoms with Crippen LogP contribution in [0.15, 0.2) is 12.2 Å². The van der Waals surface area contributed by atoms with Crippen molar-refractivity contribution in [2.24, 2.45) is 5.73 Å². The van der Waals surface area contributed by atoms with Gasteiger partial charge in [-0.2, -0.15) is 0 Å². The lowest BCUT2D eigenvalue weighted by molar-refractivity contribution is -0.117. The summed E-state index contributed by atoms with van der Waals surface area (Å²) in [5.41, 5.74) is 5.67. The van der Waals surface area contributed by atoms with Crippen LogP contribution in [0.4, 0.5) is 0 Å². The van der Waals surface area contributed by atoms with E-state index < -0.39 is 6.10 Å². The van der Waals surface area contributed by atoms with Gasteiger partial charge in [-0.15, -0.1) is 0 Å². The van der Waals surface area contributed by atoms with Gasteiger partial charge >= 0.3 is 0 Å². The minimum Gasteiger partial charge on any atom is -0.393 e. The van der Waals surface area contributed by atoms with Gasteiger partial charge in [0.05, 0.1) is 6.10 Å². The second-order valence-electron chi connectivity index (χ2n) is 2.64. The molecule has 0 rings (SSSR count). The van der Waals surface area contributed by atoms with Gasteiger partial charge in [-0.3, -0.25) is 4.79 Å². The van der Waals surface area contributed by atoms with Gasteiger partial charge in [-0.25, -0.2) is 0 Å². The summed E-state index contributed by atoms with van der Waals surface area (Å²) in [7, 11) is 0. The Morgan fingerprint density at radius 2 is 2.27 bits per heavy atom. The Hall–Kier alpha value is -0.670. The Morgan fingerprint density at radius 3 is 2.64 bits per heavy atom. The summed E-state index contributed by atoms with van der Waals surface area (Å²) in [4.78, 5) is 10.9. The third-order valence-corrected chi connectivity index (χ3v) is 1.40. The quantitative estimate of drug-likeness (QED) is 0.561. The normalized spacial score (nSPS) is 12.6. The lowest BCUT2D eigenvalue weighted by atomic mass is 10.1. The molecular weight excluding hydrogens is 142 g/mol. The number of Topliss-reactive ketones (excluding diaryl/α,β-unsaturated/α-hetero) is 1. The molecule has 0 fully saturated rings. The Morgan fingerprint density at radius 1 is 1.73 bits per heavy atom. The standard InChI is InChI=1S/C8H15NO2/c1-6(2)8(11)5-7(10)3-4-9/h7,10H,1,3-5,9H2,2H3. The van der Waals surface area contributed by atoms with Crippen LogP contribution >= 0.6 is 0 Å². The van der Waals surface area contributed by atoms with E-state index in [1.807, 2.05) is 0 Å². The number of rotatable bonds is 5. The third kappa shape index (κ3) is 4.70. The number of allylic oxidation sites excluding steroid dienone is 1. The number of nitrogens with two attached hydrogens (primary N) is 1. The lowest BCUT2D eigenvalue weighted by Gasteiger charge is -2.06. The fourth-order valence-electron chi connectivity index (χ4n) is 0.683. The number of aliphatic hydroxyl groups excluding tert-OH is 1. The van der Waals surface area contributed by atoms with E-state index in [0.29, 0.717) is 18.5 Å². The summed E-state index contributed by atoms with van der Waals surface area (Å²) in [6, 6.07) is 0. The molecule has 0 aromatic heterocycles. The Labute approximate surface area is 66.9 Å². The molecule has 0 saturated heterocycles. The van der Waals surface area contributed by atoms with Crippen LogP contribution in [0.25, 0.3) is 0 Å². The van der Waals surface area contributed by atoms with Gasteiger partial charge in [0.2, 0.25) is 0 Å². The molecule has 0 aromatic rings. The molecule has 1 unspecified atom stereocenters. The largest absolute Gasteiger partial charge is 0.393 e. The molecule has 0 aromatic carbocycles. The number of hydrogen-bond donors (Lipinski definition) is 2. The molecule has 0 saturated carbocycles. The second kappa shape index (κ2) is 5.04. The molecule has 0 bridgehead atoms. The molecule has 3 N–H and O–H groups in total. The SMILES string of the molecule is C=C(C)C(=O)CC(O)CCN. The molecule has 0 amide bonds. The zero-order valence-electron chi connectivity index (χ0n) is 6.84. The van der Waals surface area contributed by atoms with Gasteiger partial charge in [-0.1, -0.05) is 6.58 Å². The van der Waals surface area contributed by atoms with Crippen LogP contribution in [0.2, 0.25) is 0 Å². The average molecular weight is 157 g/mol. The van der Waals surface area contributed by atoms with E-state index in [1.165, 1.54) is 0 Å². The zero-order valence-corrected chi connectivity index (χ0v) is 6.84. The van der Waals surface area contributed by atoms with Gasteiger partial charge in [0, 0.05) is 6.42 Å². The van der Waals surface area contributed by atoms with Crippen LogP contribution in [0.5, 0.6) is 0 Å². The van der Waals surface area contributed by atoms with Crippen LogP contribution in [0.3, 0.4) is 0 Å². The molecule has 0 aliphatic rings. The Bertz CT molecular complexity index is 154. The molecule has 64 valence electrons. The minimum absolute atomic E-state index is 0.0917. The average Bonchev–Trinajstić information content (AvgIpc) is 1.87. The Balaban J connectivity index is 3.66. The molecule has 1 atom stereocenters. The van der Waals surface area contributed by atoms with Crippen LogP contribution < -0.4 is 5.73 Å². The predicted octanol–water partition coefficient (Wildman–Crippen LogP) is 0.231. The van der Waals surface area contributed by atoms with Gasteiger partial charge in [0.15, 0.2) is 5.78 Å². The van der Waals surface area contributed by atoms with Gasteiger partial charge in [0.1, 0.15) is 0 Å². The summed E-state index contributed by atoms with van der Waals surface area (Å²) in [5.74, 6) is -0.0917. The van der Waals surface area contributed by atoms with Crippen molar-refractivity contribution in [2.45, 2.75) is 25.9 Å². The molecule has 0 radical (unpaired) electrons. The van der Waals surface area contributed by atoms with E-state index in [0.717, 1.165) is 0 Å². The van der Waals surface area contributed by atoms with E-state index >= 15 is 0 Å². The molecule has 3 nitrogen and oxygen atoms in total. The summed E-state index contributed by atoms with van der Waals surface area (Å²) in [6.07, 6.45) is 0.00940. The highest BCUT2D eigenvalue weighted by Gasteiger charge is 2.09. The number of carbonyl (C=O) groups excluding carboxylic acids is 1. The molecule has 3 heteroatoms. The van der Waals surface area contributed by atoms with Crippen molar-refractivity contribution < 1.29 is 9.90 Å². The predicted molar refractivity (Wildman–Crippen MR) is 44.1 cm³/mol. The van der Waals surface area contributed by atoms with Crippen molar-refractivity contribution in [1.29, 1.82) is 0 Å². The van der Waals surface area contributed by atoms with Crippen LogP contribution in [0, 0.1) is 0 Å². The number of aliphatic hydroxyl groups is 1. The molecule has 0 aliphatic carbocycles. The van der Waals surface area contributed by atoms with Crippen molar-refractivity contribution in [3.05, 3.63) is 12.2 Å². The van der Waals surface area contributed by atoms with Crippen molar-refractivity contribution in [1.82, 2.24) is 0 Å². The highest BCUT2D eigenvalue weighted by Crippen LogP contribution is 2.02. The summed E-state index contributed by atoms with van der Waals surface area (Å²) in [6.45, 7) is 5.52. The number of ketones is 1. The highest BCUT2D eigenvalue weighted by molar-refractivity contribution is 5.94. The molecule has 0 heterocycles. The van der Waals surface area contributed by atoms with E-state index in [1.54, 1.807) is 6.92 Å². The van der Waals surface area contributed by atoms with Crippen LogP contribution in [-0.2, 0) is 4.79 Å². The first kappa shape index (κ1) is 10.3. The molecule has 0 aliphatic heterocycles. The van der Waals surface area contributed by atoms with Crippen LogP contribution in [0.1, 0.15) is 19.8 Å². The fourth-order valence-corrected chi connectivity index (χ4v) is 0.683. The van der Waals surface area contributed by atoms with E-state index in [4.69, 9.17) is 10.8 Å². The molecule has 11 heavy (non-hydrogen) atoms. The van der Waals surface area contributed by atoms with Gasteiger partial charge < -0.3 is 10.8 Å². The van der Waals surface area contributed by atoms with Crippen molar-refractivity contribution in [3.8, 4) is 0 Å². The first-order chi connectivity index (χ1) is 5.07. The summed E-state index contributed by atoms with van der Waals surface area (Å²) in [5, 5.41) is 9.13. The van der Waals surface area contributed by atoms with Crippen molar-refractivity contribution in [2.75, 3.05) is 6.54 Å². The van der Waals surface area contributed by atoms with Gasteiger partial charge in [0.25, 0.3) is 0 Å².